The molecule has 1 aromatic carbocycles. The third-order valence-corrected chi connectivity index (χ3v) is 2.70. The molecule has 18 heavy (non-hydrogen) atoms. The summed E-state index contributed by atoms with van der Waals surface area (Å²) in [5, 5.41) is 0. The van der Waals surface area contributed by atoms with Crippen LogP contribution >= 0.6 is 0 Å². The molecule has 0 saturated carbocycles. The first-order valence-corrected chi connectivity index (χ1v) is 6.09. The zero-order chi connectivity index (χ0) is 12.6. The van der Waals surface area contributed by atoms with Crippen molar-refractivity contribution < 1.29 is 0 Å². The summed E-state index contributed by atoms with van der Waals surface area (Å²) in [5.41, 5.74) is 7.92. The standard InChI is InChI=1S/C14H18N4/c15-6-9-18(11-13-4-2-1-3-5-13)12-14-10-16-7-8-17-14/h1-5,7-8,10H,6,9,11-12,15H2. The van der Waals surface area contributed by atoms with Gasteiger partial charge in [0.05, 0.1) is 5.69 Å². The highest BCUT2D eigenvalue weighted by Crippen LogP contribution is 2.07. The molecule has 0 fully saturated rings. The van der Waals surface area contributed by atoms with Crippen molar-refractivity contribution in [1.82, 2.24) is 14.9 Å². The Bertz CT molecular complexity index is 402. The number of aromatic nitrogens is 2. The molecule has 0 bridgehead atoms. The van der Waals surface area contributed by atoms with Gasteiger partial charge in [0.25, 0.3) is 0 Å². The van der Waals surface area contributed by atoms with Gasteiger partial charge in [0.2, 0.25) is 0 Å². The first kappa shape index (κ1) is 12.7. The molecule has 1 aromatic heterocycles. The monoisotopic (exact) mass is 242 g/mol. The lowest BCUT2D eigenvalue weighted by atomic mass is 10.2. The molecule has 0 spiro atoms. The second-order valence-corrected chi connectivity index (χ2v) is 4.18. The van der Waals surface area contributed by atoms with E-state index in [0.29, 0.717) is 6.54 Å². The topological polar surface area (TPSA) is 55.0 Å². The van der Waals surface area contributed by atoms with Crippen LogP contribution in [0.25, 0.3) is 0 Å². The molecule has 0 radical (unpaired) electrons. The Morgan fingerprint density at radius 2 is 1.89 bits per heavy atom. The van der Waals surface area contributed by atoms with Gasteiger partial charge in [-0.15, -0.1) is 0 Å². The van der Waals surface area contributed by atoms with Gasteiger partial charge in [0, 0.05) is 44.8 Å². The first-order chi connectivity index (χ1) is 8.88. The minimum atomic E-state index is 0.646. The van der Waals surface area contributed by atoms with Gasteiger partial charge in [-0.2, -0.15) is 0 Å². The molecule has 0 aliphatic heterocycles. The third-order valence-electron chi connectivity index (χ3n) is 2.70. The number of nitrogens with zero attached hydrogens (tertiary/aromatic N) is 3. The quantitative estimate of drug-likeness (QED) is 0.832. The summed E-state index contributed by atoms with van der Waals surface area (Å²) in [6.45, 7) is 3.16. The second kappa shape index (κ2) is 6.83. The maximum absolute atomic E-state index is 5.66. The Balaban J connectivity index is 2.00. The van der Waals surface area contributed by atoms with Crippen LogP contribution in [0.15, 0.2) is 48.9 Å². The minimum absolute atomic E-state index is 0.646. The van der Waals surface area contributed by atoms with Gasteiger partial charge >= 0.3 is 0 Å². The van der Waals surface area contributed by atoms with Crippen LogP contribution in [0.1, 0.15) is 11.3 Å². The Labute approximate surface area is 107 Å². The number of rotatable bonds is 6. The molecule has 0 unspecified atom stereocenters. The summed E-state index contributed by atoms with van der Waals surface area (Å²) in [5.74, 6) is 0. The fourth-order valence-corrected chi connectivity index (χ4v) is 1.88. The maximum Gasteiger partial charge on any atom is 0.0726 e. The summed E-state index contributed by atoms with van der Waals surface area (Å²) >= 11 is 0. The molecule has 0 amide bonds. The van der Waals surface area contributed by atoms with E-state index in [1.165, 1.54) is 5.56 Å². The molecule has 2 N–H and O–H groups in total. The molecule has 94 valence electrons. The van der Waals surface area contributed by atoms with Crippen LogP contribution in [0.2, 0.25) is 0 Å². The van der Waals surface area contributed by atoms with Crippen LogP contribution in [0, 0.1) is 0 Å². The van der Waals surface area contributed by atoms with E-state index in [0.717, 1.165) is 25.3 Å². The summed E-state index contributed by atoms with van der Waals surface area (Å²) < 4.78 is 0. The van der Waals surface area contributed by atoms with Crippen LogP contribution in [-0.4, -0.2) is 28.0 Å². The zero-order valence-electron chi connectivity index (χ0n) is 10.4. The van der Waals surface area contributed by atoms with Crippen molar-refractivity contribution in [2.24, 2.45) is 5.73 Å². The lowest BCUT2D eigenvalue weighted by molar-refractivity contribution is 0.261. The van der Waals surface area contributed by atoms with Crippen molar-refractivity contribution in [3.05, 3.63) is 60.2 Å². The van der Waals surface area contributed by atoms with Gasteiger partial charge in [-0.25, -0.2) is 0 Å². The predicted molar refractivity (Wildman–Crippen MR) is 71.6 cm³/mol. The largest absolute Gasteiger partial charge is 0.329 e. The lowest BCUT2D eigenvalue weighted by Gasteiger charge is -2.21. The molecule has 2 aromatic rings. The van der Waals surface area contributed by atoms with Gasteiger partial charge < -0.3 is 5.73 Å². The highest BCUT2D eigenvalue weighted by atomic mass is 15.1. The lowest BCUT2D eigenvalue weighted by Crippen LogP contribution is -2.29. The van der Waals surface area contributed by atoms with E-state index in [1.807, 2.05) is 6.07 Å². The smallest absolute Gasteiger partial charge is 0.0726 e. The summed E-state index contributed by atoms with van der Waals surface area (Å²) in [6, 6.07) is 10.4. The van der Waals surface area contributed by atoms with E-state index in [-0.39, 0.29) is 0 Å². The van der Waals surface area contributed by atoms with Crippen LogP contribution < -0.4 is 5.73 Å². The third kappa shape index (κ3) is 3.91. The molecular weight excluding hydrogens is 224 g/mol. The van der Waals surface area contributed by atoms with Crippen molar-refractivity contribution in [3.8, 4) is 0 Å². The highest BCUT2D eigenvalue weighted by Gasteiger charge is 2.06. The van der Waals surface area contributed by atoms with Gasteiger partial charge in [-0.1, -0.05) is 30.3 Å². The van der Waals surface area contributed by atoms with Crippen LogP contribution in [0.5, 0.6) is 0 Å². The van der Waals surface area contributed by atoms with Crippen molar-refractivity contribution in [2.75, 3.05) is 13.1 Å². The maximum atomic E-state index is 5.66. The molecule has 1 heterocycles. The van der Waals surface area contributed by atoms with E-state index in [9.17, 15) is 0 Å². The molecular formula is C14H18N4. The van der Waals surface area contributed by atoms with Gasteiger partial charge in [-0.3, -0.25) is 14.9 Å². The van der Waals surface area contributed by atoms with E-state index >= 15 is 0 Å². The minimum Gasteiger partial charge on any atom is -0.329 e. The van der Waals surface area contributed by atoms with E-state index in [2.05, 4.69) is 39.1 Å². The van der Waals surface area contributed by atoms with E-state index in [1.54, 1.807) is 18.6 Å². The number of hydrogen-bond acceptors (Lipinski definition) is 4. The molecule has 4 heteroatoms. The number of hydrogen-bond donors (Lipinski definition) is 1. The van der Waals surface area contributed by atoms with Gasteiger partial charge in [0.1, 0.15) is 0 Å². The zero-order valence-corrected chi connectivity index (χ0v) is 10.4. The van der Waals surface area contributed by atoms with Crippen molar-refractivity contribution >= 4 is 0 Å². The fourth-order valence-electron chi connectivity index (χ4n) is 1.88. The van der Waals surface area contributed by atoms with Crippen molar-refractivity contribution in [2.45, 2.75) is 13.1 Å². The SMILES string of the molecule is NCCN(Cc1ccccc1)Cc1cnccn1. The summed E-state index contributed by atoms with van der Waals surface area (Å²) in [6.07, 6.45) is 5.21. The van der Waals surface area contributed by atoms with Crippen molar-refractivity contribution in [3.63, 3.8) is 0 Å². The molecule has 2 rings (SSSR count). The van der Waals surface area contributed by atoms with Crippen LogP contribution in [0.4, 0.5) is 0 Å². The van der Waals surface area contributed by atoms with Crippen LogP contribution in [-0.2, 0) is 13.1 Å². The molecule has 0 atom stereocenters. The van der Waals surface area contributed by atoms with Gasteiger partial charge in [0.15, 0.2) is 0 Å². The summed E-state index contributed by atoms with van der Waals surface area (Å²) in [7, 11) is 0. The second-order valence-electron chi connectivity index (χ2n) is 4.18. The Hall–Kier alpha value is -1.78. The molecule has 0 saturated heterocycles. The van der Waals surface area contributed by atoms with E-state index < -0.39 is 0 Å². The predicted octanol–water partition coefficient (Wildman–Crippen LogP) is 1.44. The fraction of sp³-hybridized carbons (Fsp3) is 0.286. The van der Waals surface area contributed by atoms with Gasteiger partial charge in [-0.05, 0) is 5.56 Å². The molecule has 4 nitrogen and oxygen atoms in total. The highest BCUT2D eigenvalue weighted by molar-refractivity contribution is 5.14. The average Bonchev–Trinajstić information content (AvgIpc) is 2.41. The Morgan fingerprint density at radius 1 is 1.06 bits per heavy atom. The Kier molecular flexibility index (Phi) is 4.81. The molecule has 0 aliphatic rings. The summed E-state index contributed by atoms with van der Waals surface area (Å²) in [4.78, 5) is 10.7. The molecule has 0 aliphatic carbocycles. The van der Waals surface area contributed by atoms with E-state index in [4.69, 9.17) is 5.73 Å². The number of benzene rings is 1. The van der Waals surface area contributed by atoms with Crippen molar-refractivity contribution in [1.29, 1.82) is 0 Å². The first-order valence-electron chi connectivity index (χ1n) is 6.09. The van der Waals surface area contributed by atoms with Crippen LogP contribution in [0.3, 0.4) is 0 Å². The number of nitrogens with two attached hydrogens (primary N) is 1. The Morgan fingerprint density at radius 3 is 2.56 bits per heavy atom. The normalized spacial score (nSPS) is 10.8. The average molecular weight is 242 g/mol.